The fourth-order valence-electron chi connectivity index (χ4n) is 1.83. The van der Waals surface area contributed by atoms with Crippen molar-refractivity contribution in [1.29, 1.82) is 0 Å². The molecule has 6 nitrogen and oxygen atoms in total. The lowest BCUT2D eigenvalue weighted by molar-refractivity contribution is -0.154. The van der Waals surface area contributed by atoms with Crippen molar-refractivity contribution in [2.24, 2.45) is 0 Å². The zero-order chi connectivity index (χ0) is 17.0. The van der Waals surface area contributed by atoms with Crippen molar-refractivity contribution in [3.05, 3.63) is 30.1 Å². The molecule has 1 atom stereocenters. The van der Waals surface area contributed by atoms with E-state index < -0.39 is 33.5 Å². The Labute approximate surface area is 133 Å². The van der Waals surface area contributed by atoms with E-state index in [4.69, 9.17) is 4.74 Å². The second-order valence-electron chi connectivity index (χ2n) is 5.44. The quantitative estimate of drug-likeness (QED) is 0.593. The van der Waals surface area contributed by atoms with Gasteiger partial charge in [-0.15, -0.1) is 0 Å². The smallest absolute Gasteiger partial charge is 0.307 e. The average molecular weight is 343 g/mol. The van der Waals surface area contributed by atoms with E-state index in [2.05, 4.69) is 5.32 Å². The molecule has 2 rings (SSSR count). The highest BCUT2D eigenvalue weighted by Crippen LogP contribution is 2.19. The Morgan fingerprint density at radius 2 is 1.91 bits per heavy atom. The molecule has 1 saturated carbocycles. The molecule has 1 fully saturated rings. The fraction of sp³-hybridized carbons (Fsp3) is 0.467. The van der Waals surface area contributed by atoms with Crippen LogP contribution in [0.2, 0.25) is 0 Å². The molecule has 1 aliphatic rings. The van der Waals surface area contributed by atoms with Gasteiger partial charge in [-0.05, 0) is 44.0 Å². The number of benzene rings is 1. The van der Waals surface area contributed by atoms with E-state index in [0.29, 0.717) is 0 Å². The minimum Gasteiger partial charge on any atom is -0.453 e. The van der Waals surface area contributed by atoms with Gasteiger partial charge >= 0.3 is 5.97 Å². The van der Waals surface area contributed by atoms with Gasteiger partial charge in [-0.3, -0.25) is 9.59 Å². The summed E-state index contributed by atoms with van der Waals surface area (Å²) in [5, 5.41) is 2.69. The fourth-order valence-corrected chi connectivity index (χ4v) is 3.06. The minimum atomic E-state index is -3.71. The first kappa shape index (κ1) is 17.4. The van der Waals surface area contributed by atoms with Gasteiger partial charge in [0, 0.05) is 6.04 Å². The number of carbonyl (C=O) groups is 2. The van der Waals surface area contributed by atoms with Crippen molar-refractivity contribution in [1.82, 2.24) is 5.32 Å². The maximum atomic E-state index is 12.8. The van der Waals surface area contributed by atoms with Crippen LogP contribution in [0.1, 0.15) is 26.2 Å². The highest BCUT2D eigenvalue weighted by molar-refractivity contribution is 7.91. The molecule has 1 amide bonds. The molecule has 0 saturated heterocycles. The highest BCUT2D eigenvalue weighted by atomic mass is 32.2. The Morgan fingerprint density at radius 1 is 1.30 bits per heavy atom. The van der Waals surface area contributed by atoms with Crippen LogP contribution in [0.4, 0.5) is 4.39 Å². The predicted octanol–water partition coefficient (Wildman–Crippen LogP) is 1.20. The number of hydrogen-bond acceptors (Lipinski definition) is 5. The van der Waals surface area contributed by atoms with Gasteiger partial charge in [-0.1, -0.05) is 0 Å². The highest BCUT2D eigenvalue weighted by Gasteiger charge is 2.27. The number of esters is 1. The summed E-state index contributed by atoms with van der Waals surface area (Å²) in [6.45, 7) is 1.43. The van der Waals surface area contributed by atoms with E-state index in [9.17, 15) is 22.4 Å². The van der Waals surface area contributed by atoms with E-state index in [1.54, 1.807) is 0 Å². The number of hydrogen-bond donors (Lipinski definition) is 1. The van der Waals surface area contributed by atoms with Crippen LogP contribution in [0.5, 0.6) is 0 Å². The first-order valence-corrected chi connectivity index (χ1v) is 8.91. The number of halogens is 1. The van der Waals surface area contributed by atoms with Crippen LogP contribution in [0.15, 0.2) is 29.2 Å². The molecule has 1 aromatic carbocycles. The monoisotopic (exact) mass is 343 g/mol. The number of rotatable bonds is 7. The largest absolute Gasteiger partial charge is 0.453 e. The zero-order valence-electron chi connectivity index (χ0n) is 12.6. The van der Waals surface area contributed by atoms with E-state index in [0.717, 1.165) is 37.1 Å². The van der Waals surface area contributed by atoms with Crippen molar-refractivity contribution in [2.75, 3.05) is 5.75 Å². The van der Waals surface area contributed by atoms with Crippen LogP contribution < -0.4 is 5.32 Å². The second-order valence-corrected chi connectivity index (χ2v) is 7.55. The molecule has 1 aliphatic carbocycles. The van der Waals surface area contributed by atoms with Gasteiger partial charge in [0.25, 0.3) is 5.91 Å². The third-order valence-corrected chi connectivity index (χ3v) is 5.08. The molecular formula is C15H18FNO5S. The lowest BCUT2D eigenvalue weighted by Crippen LogP contribution is -2.37. The third kappa shape index (κ3) is 5.31. The first-order valence-electron chi connectivity index (χ1n) is 7.26. The molecule has 126 valence electrons. The predicted molar refractivity (Wildman–Crippen MR) is 79.8 cm³/mol. The Balaban J connectivity index is 1.82. The van der Waals surface area contributed by atoms with Crippen LogP contribution in [0, 0.1) is 5.82 Å². The van der Waals surface area contributed by atoms with E-state index in [1.165, 1.54) is 6.92 Å². The summed E-state index contributed by atoms with van der Waals surface area (Å²) in [4.78, 5) is 23.2. The van der Waals surface area contributed by atoms with Crippen molar-refractivity contribution in [2.45, 2.75) is 43.2 Å². The van der Waals surface area contributed by atoms with Gasteiger partial charge in [-0.2, -0.15) is 0 Å². The molecule has 0 unspecified atom stereocenters. The molecule has 0 radical (unpaired) electrons. The standard InChI is InChI=1S/C15H18FNO5S/c1-10(15(19)17-12-4-5-12)22-14(18)8-9-23(20,21)13-6-2-11(16)3-7-13/h2-3,6-7,10,12H,4-5,8-9H2,1H3,(H,17,19)/t10-/m0/s1. The van der Waals surface area contributed by atoms with Gasteiger partial charge in [0.1, 0.15) is 5.82 Å². The Bertz CT molecular complexity index is 682. The Morgan fingerprint density at radius 3 is 2.48 bits per heavy atom. The van der Waals surface area contributed by atoms with Crippen LogP contribution >= 0.6 is 0 Å². The minimum absolute atomic E-state index is 0.0637. The SMILES string of the molecule is C[C@H](OC(=O)CCS(=O)(=O)c1ccc(F)cc1)C(=O)NC1CC1. The number of ether oxygens (including phenoxy) is 1. The summed E-state index contributed by atoms with van der Waals surface area (Å²) in [6, 6.07) is 4.51. The maximum absolute atomic E-state index is 12.8. The molecule has 0 spiro atoms. The molecule has 0 bridgehead atoms. The molecule has 0 aliphatic heterocycles. The normalized spacial score (nSPS) is 15.7. The van der Waals surface area contributed by atoms with Crippen molar-refractivity contribution < 1.29 is 27.1 Å². The molecule has 1 aromatic rings. The number of carbonyl (C=O) groups excluding carboxylic acids is 2. The van der Waals surface area contributed by atoms with Crippen LogP contribution in [-0.2, 0) is 24.2 Å². The maximum Gasteiger partial charge on any atom is 0.307 e. The van der Waals surface area contributed by atoms with Gasteiger partial charge in [0.2, 0.25) is 0 Å². The average Bonchev–Trinajstić information content (AvgIpc) is 3.29. The van der Waals surface area contributed by atoms with Crippen LogP contribution in [0.25, 0.3) is 0 Å². The van der Waals surface area contributed by atoms with Gasteiger partial charge < -0.3 is 10.1 Å². The number of amides is 1. The van der Waals surface area contributed by atoms with Crippen LogP contribution in [0.3, 0.4) is 0 Å². The first-order chi connectivity index (χ1) is 10.8. The summed E-state index contributed by atoms with van der Waals surface area (Å²) < 4.78 is 41.7. The van der Waals surface area contributed by atoms with Gasteiger partial charge in [0.05, 0.1) is 17.1 Å². The van der Waals surface area contributed by atoms with Crippen LogP contribution in [-0.4, -0.2) is 38.2 Å². The van der Waals surface area contributed by atoms with Crippen molar-refractivity contribution >= 4 is 21.7 Å². The van der Waals surface area contributed by atoms with E-state index >= 15 is 0 Å². The van der Waals surface area contributed by atoms with Gasteiger partial charge in [0.15, 0.2) is 15.9 Å². The topological polar surface area (TPSA) is 89.5 Å². The Kier molecular flexibility index (Phi) is 5.35. The van der Waals surface area contributed by atoms with E-state index in [-0.39, 0.29) is 23.3 Å². The zero-order valence-corrected chi connectivity index (χ0v) is 13.4. The lowest BCUT2D eigenvalue weighted by atomic mass is 10.3. The summed E-state index contributed by atoms with van der Waals surface area (Å²) in [6.07, 6.45) is 0.502. The second kappa shape index (κ2) is 7.08. The summed E-state index contributed by atoms with van der Waals surface area (Å²) in [5.41, 5.74) is 0. The molecule has 23 heavy (non-hydrogen) atoms. The summed E-state index contributed by atoms with van der Waals surface area (Å²) in [7, 11) is -3.71. The third-order valence-electron chi connectivity index (χ3n) is 3.35. The molecular weight excluding hydrogens is 325 g/mol. The lowest BCUT2D eigenvalue weighted by Gasteiger charge is -2.13. The number of sulfone groups is 1. The van der Waals surface area contributed by atoms with Crippen molar-refractivity contribution in [3.8, 4) is 0 Å². The molecule has 1 N–H and O–H groups in total. The van der Waals surface area contributed by atoms with Gasteiger partial charge in [-0.25, -0.2) is 12.8 Å². The molecule has 0 heterocycles. The summed E-state index contributed by atoms with van der Waals surface area (Å²) in [5.74, 6) is -2.16. The molecule has 0 aromatic heterocycles. The van der Waals surface area contributed by atoms with E-state index in [1.807, 2.05) is 0 Å². The number of nitrogens with one attached hydrogen (secondary N) is 1. The summed E-state index contributed by atoms with van der Waals surface area (Å²) >= 11 is 0. The molecule has 8 heteroatoms. The van der Waals surface area contributed by atoms with Crippen molar-refractivity contribution in [3.63, 3.8) is 0 Å². The Hall–Kier alpha value is -1.96.